The zero-order chi connectivity index (χ0) is 15.5. The summed E-state index contributed by atoms with van der Waals surface area (Å²) in [4.78, 5) is 28.5. The van der Waals surface area contributed by atoms with Crippen LogP contribution >= 0.6 is 0 Å². The quantitative estimate of drug-likeness (QED) is 0.804. The van der Waals surface area contributed by atoms with Crippen LogP contribution in [0.5, 0.6) is 0 Å². The van der Waals surface area contributed by atoms with Crippen molar-refractivity contribution in [2.75, 3.05) is 6.54 Å². The van der Waals surface area contributed by atoms with Crippen molar-refractivity contribution >= 4 is 16.8 Å². The molecule has 5 nitrogen and oxygen atoms in total. The van der Waals surface area contributed by atoms with Crippen molar-refractivity contribution in [3.05, 3.63) is 70.8 Å². The fourth-order valence-corrected chi connectivity index (χ4v) is 2.29. The molecule has 1 amide bonds. The number of amides is 1. The number of rotatable bonds is 3. The van der Waals surface area contributed by atoms with Crippen LogP contribution in [0.2, 0.25) is 0 Å². The van der Waals surface area contributed by atoms with Gasteiger partial charge in [0.1, 0.15) is 6.33 Å². The summed E-state index contributed by atoms with van der Waals surface area (Å²) in [6, 6.07) is 14.1. The van der Waals surface area contributed by atoms with Crippen molar-refractivity contribution < 1.29 is 4.79 Å². The fraction of sp³-hybridized carbons (Fsp3) is 0.118. The number of para-hydroxylation sites is 1. The minimum atomic E-state index is -0.128. The SMILES string of the molecule is CCNC(=O)c1ccc(-n2cnc3ccccc3c2=O)cc1. The summed E-state index contributed by atoms with van der Waals surface area (Å²) in [6.45, 7) is 2.45. The van der Waals surface area contributed by atoms with E-state index in [9.17, 15) is 9.59 Å². The molecule has 22 heavy (non-hydrogen) atoms. The van der Waals surface area contributed by atoms with Gasteiger partial charge in [-0.3, -0.25) is 14.2 Å². The number of hydrogen-bond acceptors (Lipinski definition) is 3. The number of hydrogen-bond donors (Lipinski definition) is 1. The maximum absolute atomic E-state index is 12.5. The van der Waals surface area contributed by atoms with Gasteiger partial charge in [0.2, 0.25) is 0 Å². The highest BCUT2D eigenvalue weighted by molar-refractivity contribution is 5.94. The lowest BCUT2D eigenvalue weighted by molar-refractivity contribution is 0.0956. The lowest BCUT2D eigenvalue weighted by atomic mass is 10.2. The summed E-state index contributed by atoms with van der Waals surface area (Å²) in [5, 5.41) is 3.30. The second-order valence-electron chi connectivity index (χ2n) is 4.84. The normalized spacial score (nSPS) is 10.6. The highest BCUT2D eigenvalue weighted by Crippen LogP contribution is 2.10. The van der Waals surface area contributed by atoms with Gasteiger partial charge in [-0.15, -0.1) is 0 Å². The highest BCUT2D eigenvalue weighted by Gasteiger charge is 2.07. The van der Waals surface area contributed by atoms with Gasteiger partial charge in [0, 0.05) is 12.1 Å². The summed E-state index contributed by atoms with van der Waals surface area (Å²) in [7, 11) is 0. The molecule has 0 spiro atoms. The third kappa shape index (κ3) is 2.48. The van der Waals surface area contributed by atoms with Gasteiger partial charge in [0.25, 0.3) is 11.5 Å². The first-order valence-corrected chi connectivity index (χ1v) is 7.05. The highest BCUT2D eigenvalue weighted by atomic mass is 16.1. The Labute approximate surface area is 127 Å². The molecule has 3 rings (SSSR count). The van der Waals surface area contributed by atoms with Crippen LogP contribution in [-0.2, 0) is 0 Å². The summed E-state index contributed by atoms with van der Waals surface area (Å²) >= 11 is 0. The van der Waals surface area contributed by atoms with Crippen LogP contribution in [0.4, 0.5) is 0 Å². The third-order valence-electron chi connectivity index (χ3n) is 3.41. The molecule has 0 aliphatic heterocycles. The average Bonchev–Trinajstić information content (AvgIpc) is 2.56. The monoisotopic (exact) mass is 293 g/mol. The fourth-order valence-electron chi connectivity index (χ4n) is 2.29. The predicted molar refractivity (Wildman–Crippen MR) is 85.3 cm³/mol. The van der Waals surface area contributed by atoms with Crippen LogP contribution in [0, 0.1) is 0 Å². The van der Waals surface area contributed by atoms with Crippen LogP contribution in [0.15, 0.2) is 59.7 Å². The summed E-state index contributed by atoms with van der Waals surface area (Å²) in [5.74, 6) is -0.127. The Bertz CT molecular complexity index is 882. The maximum Gasteiger partial charge on any atom is 0.265 e. The van der Waals surface area contributed by atoms with E-state index in [1.165, 1.54) is 10.9 Å². The molecular formula is C17H15N3O2. The minimum Gasteiger partial charge on any atom is -0.352 e. The van der Waals surface area contributed by atoms with E-state index < -0.39 is 0 Å². The minimum absolute atomic E-state index is 0.127. The van der Waals surface area contributed by atoms with Crippen molar-refractivity contribution in [1.82, 2.24) is 14.9 Å². The second-order valence-corrected chi connectivity index (χ2v) is 4.84. The van der Waals surface area contributed by atoms with E-state index in [0.29, 0.717) is 28.7 Å². The standard InChI is InChI=1S/C17H15N3O2/c1-2-18-16(21)12-7-9-13(10-8-12)20-11-19-15-6-4-3-5-14(15)17(20)22/h3-11H,2H2,1H3,(H,18,21). The molecular weight excluding hydrogens is 278 g/mol. The number of fused-ring (bicyclic) bond motifs is 1. The van der Waals surface area contributed by atoms with Crippen LogP contribution < -0.4 is 10.9 Å². The van der Waals surface area contributed by atoms with Crippen molar-refractivity contribution in [1.29, 1.82) is 0 Å². The van der Waals surface area contributed by atoms with Crippen molar-refractivity contribution in [3.63, 3.8) is 0 Å². The molecule has 0 bridgehead atoms. The molecule has 0 saturated heterocycles. The molecule has 1 heterocycles. The van der Waals surface area contributed by atoms with Gasteiger partial charge in [0.15, 0.2) is 0 Å². The van der Waals surface area contributed by atoms with Gasteiger partial charge >= 0.3 is 0 Å². The van der Waals surface area contributed by atoms with E-state index >= 15 is 0 Å². The summed E-state index contributed by atoms with van der Waals surface area (Å²) in [5.41, 5.74) is 1.78. The molecule has 0 atom stereocenters. The molecule has 2 aromatic carbocycles. The molecule has 1 aromatic heterocycles. The topological polar surface area (TPSA) is 64.0 Å². The van der Waals surface area contributed by atoms with E-state index in [4.69, 9.17) is 0 Å². The van der Waals surface area contributed by atoms with Crippen LogP contribution in [-0.4, -0.2) is 22.0 Å². The van der Waals surface area contributed by atoms with E-state index in [1.807, 2.05) is 19.1 Å². The van der Waals surface area contributed by atoms with Gasteiger partial charge in [-0.05, 0) is 43.3 Å². The van der Waals surface area contributed by atoms with Crippen LogP contribution in [0.25, 0.3) is 16.6 Å². The molecule has 0 radical (unpaired) electrons. The van der Waals surface area contributed by atoms with Gasteiger partial charge in [0.05, 0.1) is 16.6 Å². The maximum atomic E-state index is 12.5. The largest absolute Gasteiger partial charge is 0.352 e. The Morgan fingerprint density at radius 3 is 2.59 bits per heavy atom. The lowest BCUT2D eigenvalue weighted by Crippen LogP contribution is -2.23. The molecule has 1 N–H and O–H groups in total. The number of nitrogens with zero attached hydrogens (tertiary/aromatic N) is 2. The molecule has 0 aliphatic carbocycles. The van der Waals surface area contributed by atoms with Crippen LogP contribution in [0.3, 0.4) is 0 Å². The van der Waals surface area contributed by atoms with E-state index in [2.05, 4.69) is 10.3 Å². The molecule has 3 aromatic rings. The number of carbonyl (C=O) groups excluding carboxylic acids is 1. The van der Waals surface area contributed by atoms with Gasteiger partial charge in [-0.2, -0.15) is 0 Å². The molecule has 0 aliphatic rings. The predicted octanol–water partition coefficient (Wildman–Crippen LogP) is 2.14. The zero-order valence-electron chi connectivity index (χ0n) is 12.1. The Morgan fingerprint density at radius 2 is 1.86 bits per heavy atom. The lowest BCUT2D eigenvalue weighted by Gasteiger charge is -2.08. The van der Waals surface area contributed by atoms with Gasteiger partial charge in [-0.1, -0.05) is 12.1 Å². The number of aromatic nitrogens is 2. The summed E-state index contributed by atoms with van der Waals surface area (Å²) < 4.78 is 1.48. The smallest absolute Gasteiger partial charge is 0.265 e. The van der Waals surface area contributed by atoms with E-state index in [1.54, 1.807) is 36.4 Å². The Balaban J connectivity index is 2.03. The van der Waals surface area contributed by atoms with Gasteiger partial charge < -0.3 is 5.32 Å². The van der Waals surface area contributed by atoms with Crippen LogP contribution in [0.1, 0.15) is 17.3 Å². The van der Waals surface area contributed by atoms with Crippen molar-refractivity contribution in [2.24, 2.45) is 0 Å². The molecule has 110 valence electrons. The average molecular weight is 293 g/mol. The van der Waals surface area contributed by atoms with Crippen molar-refractivity contribution in [3.8, 4) is 5.69 Å². The Morgan fingerprint density at radius 1 is 1.14 bits per heavy atom. The first-order chi connectivity index (χ1) is 10.7. The van der Waals surface area contributed by atoms with Gasteiger partial charge in [-0.25, -0.2) is 4.98 Å². The van der Waals surface area contributed by atoms with E-state index in [0.717, 1.165) is 0 Å². The first kappa shape index (κ1) is 14.0. The number of nitrogens with one attached hydrogen (secondary N) is 1. The second kappa shape index (κ2) is 5.81. The van der Waals surface area contributed by atoms with Crippen molar-refractivity contribution in [2.45, 2.75) is 6.92 Å². The molecule has 0 unspecified atom stereocenters. The van der Waals surface area contributed by atoms with E-state index in [-0.39, 0.29) is 11.5 Å². The Hall–Kier alpha value is -2.95. The molecule has 0 fully saturated rings. The first-order valence-electron chi connectivity index (χ1n) is 7.05. The summed E-state index contributed by atoms with van der Waals surface area (Å²) in [6.07, 6.45) is 1.51. The number of carbonyl (C=O) groups is 1. The molecule has 5 heteroatoms. The molecule has 0 saturated carbocycles. The number of benzene rings is 2. The third-order valence-corrected chi connectivity index (χ3v) is 3.41. The zero-order valence-corrected chi connectivity index (χ0v) is 12.1. The Kier molecular flexibility index (Phi) is 3.70.